The van der Waals surface area contributed by atoms with Crippen molar-refractivity contribution in [2.75, 3.05) is 10.6 Å². The average molecular weight is 271 g/mol. The summed E-state index contributed by atoms with van der Waals surface area (Å²) in [4.78, 5) is 13.1. The molecule has 0 saturated heterocycles. The minimum absolute atomic E-state index is 0.0634. The molecule has 2 rings (SSSR count). The van der Waals surface area contributed by atoms with Crippen LogP contribution in [0.3, 0.4) is 0 Å². The molecule has 0 aromatic carbocycles. The Morgan fingerprint density at radius 1 is 1.15 bits per heavy atom. The zero-order chi connectivity index (χ0) is 14.6. The predicted octanol–water partition coefficient (Wildman–Crippen LogP) is 3.00. The van der Waals surface area contributed by atoms with Crippen LogP contribution in [-0.2, 0) is 6.54 Å². The van der Waals surface area contributed by atoms with Gasteiger partial charge in [-0.2, -0.15) is 4.98 Å². The molecule has 5 nitrogen and oxygen atoms in total. The van der Waals surface area contributed by atoms with Gasteiger partial charge in [-0.3, -0.25) is 4.98 Å². The van der Waals surface area contributed by atoms with Crippen LogP contribution in [0.25, 0.3) is 0 Å². The Balaban J connectivity index is 2.08. The lowest BCUT2D eigenvalue weighted by atomic mass is 10.1. The predicted molar refractivity (Wildman–Crippen MR) is 81.7 cm³/mol. The van der Waals surface area contributed by atoms with Crippen LogP contribution in [0.1, 0.15) is 32.2 Å². The van der Waals surface area contributed by atoms with Crippen molar-refractivity contribution in [1.29, 1.82) is 0 Å². The fourth-order valence-corrected chi connectivity index (χ4v) is 1.73. The summed E-state index contributed by atoms with van der Waals surface area (Å²) in [5, 5.41) is 6.56. The lowest BCUT2D eigenvalue weighted by Crippen LogP contribution is -2.27. The van der Waals surface area contributed by atoms with Gasteiger partial charge in [-0.15, -0.1) is 0 Å². The van der Waals surface area contributed by atoms with Gasteiger partial charge in [-0.05, 0) is 39.8 Å². The topological polar surface area (TPSA) is 62.7 Å². The monoisotopic (exact) mass is 271 g/mol. The maximum absolute atomic E-state index is 4.47. The molecule has 20 heavy (non-hydrogen) atoms. The van der Waals surface area contributed by atoms with Gasteiger partial charge >= 0.3 is 0 Å². The van der Waals surface area contributed by atoms with Gasteiger partial charge in [0.1, 0.15) is 5.82 Å². The summed E-state index contributed by atoms with van der Waals surface area (Å²) < 4.78 is 0. The zero-order valence-electron chi connectivity index (χ0n) is 12.4. The number of hydrogen-bond donors (Lipinski definition) is 2. The van der Waals surface area contributed by atoms with Crippen LogP contribution in [0.15, 0.2) is 30.5 Å². The van der Waals surface area contributed by atoms with Gasteiger partial charge in [-0.25, -0.2) is 4.98 Å². The largest absolute Gasteiger partial charge is 0.364 e. The van der Waals surface area contributed by atoms with Crippen molar-refractivity contribution in [1.82, 2.24) is 15.0 Å². The lowest BCUT2D eigenvalue weighted by molar-refractivity contribution is 0.625. The number of nitrogens with one attached hydrogen (secondary N) is 2. The Hall–Kier alpha value is -2.17. The van der Waals surface area contributed by atoms with Crippen LogP contribution < -0.4 is 10.6 Å². The molecule has 0 bridgehead atoms. The van der Waals surface area contributed by atoms with Crippen molar-refractivity contribution in [3.05, 3.63) is 41.9 Å². The van der Waals surface area contributed by atoms with Crippen molar-refractivity contribution >= 4 is 11.8 Å². The maximum Gasteiger partial charge on any atom is 0.225 e. The number of hydrogen-bond acceptors (Lipinski definition) is 5. The van der Waals surface area contributed by atoms with E-state index < -0.39 is 0 Å². The van der Waals surface area contributed by atoms with Crippen molar-refractivity contribution in [2.24, 2.45) is 0 Å². The molecule has 106 valence electrons. The van der Waals surface area contributed by atoms with E-state index >= 15 is 0 Å². The first-order chi connectivity index (χ1) is 9.42. The van der Waals surface area contributed by atoms with E-state index in [0.29, 0.717) is 12.5 Å². The summed E-state index contributed by atoms with van der Waals surface area (Å²) in [7, 11) is 0. The Kier molecular flexibility index (Phi) is 4.17. The third-order valence-electron chi connectivity index (χ3n) is 2.52. The standard InChI is InChI=1S/C15H21N5/c1-11-9-13(17-10-12-7-5-6-8-16-12)19-14(18-11)20-15(2,3)4/h5-9H,10H2,1-4H3,(H2,17,18,19,20). The van der Waals surface area contributed by atoms with Crippen LogP contribution in [0.5, 0.6) is 0 Å². The van der Waals surface area contributed by atoms with Crippen LogP contribution in [0.4, 0.5) is 11.8 Å². The molecule has 0 unspecified atom stereocenters. The Morgan fingerprint density at radius 2 is 1.95 bits per heavy atom. The van der Waals surface area contributed by atoms with E-state index in [1.54, 1.807) is 6.20 Å². The highest BCUT2D eigenvalue weighted by Gasteiger charge is 2.12. The van der Waals surface area contributed by atoms with Gasteiger partial charge in [0.25, 0.3) is 0 Å². The van der Waals surface area contributed by atoms with E-state index in [-0.39, 0.29) is 5.54 Å². The van der Waals surface area contributed by atoms with Gasteiger partial charge in [0, 0.05) is 23.5 Å². The van der Waals surface area contributed by atoms with E-state index in [4.69, 9.17) is 0 Å². The fourth-order valence-electron chi connectivity index (χ4n) is 1.73. The van der Waals surface area contributed by atoms with Gasteiger partial charge in [-0.1, -0.05) is 6.07 Å². The molecule has 0 saturated carbocycles. The van der Waals surface area contributed by atoms with Gasteiger partial charge in [0.2, 0.25) is 5.95 Å². The highest BCUT2D eigenvalue weighted by Crippen LogP contribution is 2.14. The smallest absolute Gasteiger partial charge is 0.225 e. The summed E-state index contributed by atoms with van der Waals surface area (Å²) in [5.74, 6) is 1.44. The Bertz CT molecular complexity index is 560. The van der Waals surface area contributed by atoms with Crippen LogP contribution in [0.2, 0.25) is 0 Å². The molecular formula is C15H21N5. The number of aromatic nitrogens is 3. The molecule has 2 heterocycles. The minimum Gasteiger partial charge on any atom is -0.364 e. The first-order valence-corrected chi connectivity index (χ1v) is 6.70. The molecule has 2 N–H and O–H groups in total. The van der Waals surface area contributed by atoms with Crippen molar-refractivity contribution in [2.45, 2.75) is 39.8 Å². The zero-order valence-corrected chi connectivity index (χ0v) is 12.4. The molecule has 5 heteroatoms. The molecule has 0 spiro atoms. The summed E-state index contributed by atoms with van der Waals surface area (Å²) in [6.07, 6.45) is 1.79. The molecule has 0 radical (unpaired) electrons. The molecule has 2 aromatic heterocycles. The minimum atomic E-state index is -0.0634. The fraction of sp³-hybridized carbons (Fsp3) is 0.400. The number of pyridine rings is 1. The number of anilines is 2. The molecule has 0 aliphatic rings. The molecule has 0 amide bonds. The van der Waals surface area contributed by atoms with E-state index in [1.165, 1.54) is 0 Å². The third-order valence-corrected chi connectivity index (χ3v) is 2.52. The number of aryl methyl sites for hydroxylation is 1. The van der Waals surface area contributed by atoms with E-state index in [2.05, 4.69) is 46.4 Å². The molecule has 0 aliphatic heterocycles. The molecular weight excluding hydrogens is 250 g/mol. The normalized spacial score (nSPS) is 11.2. The molecule has 0 fully saturated rings. The summed E-state index contributed by atoms with van der Waals surface area (Å²) in [5.41, 5.74) is 1.84. The molecule has 0 atom stereocenters. The highest BCUT2D eigenvalue weighted by molar-refractivity contribution is 5.43. The average Bonchev–Trinajstić information content (AvgIpc) is 2.35. The summed E-state index contributed by atoms with van der Waals surface area (Å²) in [6.45, 7) is 8.85. The van der Waals surface area contributed by atoms with E-state index in [0.717, 1.165) is 17.2 Å². The third kappa shape index (κ3) is 4.50. The maximum atomic E-state index is 4.47. The number of nitrogens with zero attached hydrogens (tertiary/aromatic N) is 3. The summed E-state index contributed by atoms with van der Waals surface area (Å²) in [6, 6.07) is 7.79. The van der Waals surface area contributed by atoms with Crippen molar-refractivity contribution in [3.63, 3.8) is 0 Å². The molecule has 2 aromatic rings. The Morgan fingerprint density at radius 3 is 2.60 bits per heavy atom. The van der Waals surface area contributed by atoms with E-state index in [9.17, 15) is 0 Å². The SMILES string of the molecule is Cc1cc(NCc2ccccn2)nc(NC(C)(C)C)n1. The number of rotatable bonds is 4. The highest BCUT2D eigenvalue weighted by atomic mass is 15.2. The lowest BCUT2D eigenvalue weighted by Gasteiger charge is -2.21. The second-order valence-electron chi connectivity index (χ2n) is 5.77. The van der Waals surface area contributed by atoms with Crippen molar-refractivity contribution in [3.8, 4) is 0 Å². The first kappa shape index (κ1) is 14.2. The molecule has 0 aliphatic carbocycles. The van der Waals surface area contributed by atoms with Gasteiger partial charge in [0.15, 0.2) is 0 Å². The Labute approximate surface area is 119 Å². The van der Waals surface area contributed by atoms with Crippen LogP contribution >= 0.6 is 0 Å². The van der Waals surface area contributed by atoms with Crippen LogP contribution in [-0.4, -0.2) is 20.5 Å². The second-order valence-corrected chi connectivity index (χ2v) is 5.77. The van der Waals surface area contributed by atoms with Gasteiger partial charge < -0.3 is 10.6 Å². The van der Waals surface area contributed by atoms with Crippen molar-refractivity contribution < 1.29 is 0 Å². The van der Waals surface area contributed by atoms with E-state index in [1.807, 2.05) is 31.2 Å². The quantitative estimate of drug-likeness (QED) is 0.895. The second kappa shape index (κ2) is 5.86. The first-order valence-electron chi connectivity index (χ1n) is 6.70. The van der Waals surface area contributed by atoms with Crippen LogP contribution in [0, 0.1) is 6.92 Å². The van der Waals surface area contributed by atoms with Gasteiger partial charge in [0.05, 0.1) is 12.2 Å². The summed E-state index contributed by atoms with van der Waals surface area (Å²) >= 11 is 0.